The van der Waals surface area contributed by atoms with E-state index >= 15 is 17.6 Å². The summed E-state index contributed by atoms with van der Waals surface area (Å²) >= 11 is 0. The Hall–Kier alpha value is -6.20. The van der Waals surface area contributed by atoms with E-state index < -0.39 is 172 Å². The van der Waals surface area contributed by atoms with Crippen LogP contribution in [-0.4, -0.2) is 22.7 Å². The maximum absolute atomic E-state index is 15.6. The molecule has 2 heterocycles. The van der Waals surface area contributed by atoms with E-state index in [1.807, 2.05) is 0 Å². The van der Waals surface area contributed by atoms with Gasteiger partial charge in [0.1, 0.15) is 32.0 Å². The lowest BCUT2D eigenvalue weighted by Gasteiger charge is -2.14. The van der Waals surface area contributed by atoms with Crippen LogP contribution in [0, 0.1) is 82.5 Å². The zero-order valence-corrected chi connectivity index (χ0v) is 26.3. The number of hydrogen-bond acceptors (Lipinski definition) is 8. The zero-order valence-electron chi connectivity index (χ0n) is 25.5. The van der Waals surface area contributed by atoms with Crippen molar-refractivity contribution in [1.82, 2.24) is 9.13 Å². The molecular formula is C30H7F13N2O8S. The van der Waals surface area contributed by atoms with Crippen molar-refractivity contribution in [2.45, 2.75) is 16.7 Å². The minimum absolute atomic E-state index is 0.0956. The number of hydrogen-bond donors (Lipinski definition) is 1. The Morgan fingerprint density at radius 2 is 0.833 bits per heavy atom. The lowest BCUT2D eigenvalue weighted by atomic mass is 10.1. The average molecular weight is 802 g/mol. The van der Waals surface area contributed by atoms with Crippen LogP contribution in [0.4, 0.5) is 57.1 Å². The van der Waals surface area contributed by atoms with E-state index in [9.17, 15) is 72.2 Å². The number of aromatic hydroxyl groups is 1. The summed E-state index contributed by atoms with van der Waals surface area (Å²) in [5.74, 6) is -43.0. The minimum Gasteiger partial charge on any atom is -0.506 e. The summed E-state index contributed by atoms with van der Waals surface area (Å²) in [6, 6.07) is 0. The van der Waals surface area contributed by atoms with Crippen molar-refractivity contribution < 1.29 is 75.3 Å². The van der Waals surface area contributed by atoms with E-state index in [-0.39, 0.29) is 4.57 Å². The number of fused-ring (bicyclic) bond motifs is 2. The fraction of sp³-hybridized carbons (Fsp3) is 0.0667. The summed E-state index contributed by atoms with van der Waals surface area (Å²) < 4.78 is 220. The second kappa shape index (κ2) is 11.9. The summed E-state index contributed by atoms with van der Waals surface area (Å²) in [6.45, 7) is 0.390. The van der Waals surface area contributed by atoms with Gasteiger partial charge in [0.25, 0.3) is 22.2 Å². The third-order valence-electron chi connectivity index (χ3n) is 8.08. The number of halogens is 13. The first-order valence-electron chi connectivity index (χ1n) is 13.7. The fourth-order valence-electron chi connectivity index (χ4n) is 5.45. The van der Waals surface area contributed by atoms with Crippen LogP contribution >= 0.6 is 0 Å². The first-order chi connectivity index (χ1) is 24.9. The van der Waals surface area contributed by atoms with Gasteiger partial charge < -0.3 is 9.84 Å². The third-order valence-corrected chi connectivity index (χ3v) is 9.87. The van der Waals surface area contributed by atoms with Crippen LogP contribution in [0.1, 0.15) is 5.56 Å². The highest BCUT2D eigenvalue weighted by atomic mass is 32.2. The number of rotatable bonds is 5. The topological polar surface area (TPSA) is 142 Å². The fourth-order valence-corrected chi connectivity index (χ4v) is 6.96. The van der Waals surface area contributed by atoms with Gasteiger partial charge in [-0.2, -0.15) is 8.78 Å². The van der Waals surface area contributed by atoms with Crippen LogP contribution in [0.15, 0.2) is 29.0 Å². The van der Waals surface area contributed by atoms with Crippen molar-refractivity contribution in [1.29, 1.82) is 0 Å². The Morgan fingerprint density at radius 1 is 0.481 bits per heavy atom. The van der Waals surface area contributed by atoms with Gasteiger partial charge in [0.2, 0.25) is 44.7 Å². The van der Waals surface area contributed by atoms with Gasteiger partial charge in [0.15, 0.2) is 52.3 Å². The summed E-state index contributed by atoms with van der Waals surface area (Å²) in [4.78, 5) is 47.1. The second-order valence-electron chi connectivity index (χ2n) is 10.9. The summed E-state index contributed by atoms with van der Waals surface area (Å²) in [6.07, 6.45) is 0. The summed E-state index contributed by atoms with van der Waals surface area (Å²) in [7, 11) is -6.06. The standard InChI is InChI=1S/C30H7F13N2O8S/c1-3-8(31)17(40)25(18(41)9(3)32)54(51,52)26-19(42)13(36)21(14(37)20(26)43)45-29(49)5-7(30(45)50)23(6-4(22(5)46)27(47)44(2)28(6)48)53-24-15(38)11(34)10(33)12(35)16(24)39/h46H,1-2H3. The van der Waals surface area contributed by atoms with E-state index in [0.717, 1.165) is 0 Å². The Kier molecular flexibility index (Phi) is 8.28. The van der Waals surface area contributed by atoms with E-state index in [0.29, 0.717) is 14.0 Å². The smallest absolute Gasteiger partial charge is 0.270 e. The molecule has 0 aliphatic heterocycles. The molecule has 0 unspecified atom stereocenters. The number of sulfone groups is 1. The van der Waals surface area contributed by atoms with Gasteiger partial charge in [-0.1, -0.05) is 0 Å². The lowest BCUT2D eigenvalue weighted by Crippen LogP contribution is -2.28. The predicted molar refractivity (Wildman–Crippen MR) is 151 cm³/mol. The molecule has 0 radical (unpaired) electrons. The Morgan fingerprint density at radius 3 is 1.30 bits per heavy atom. The normalized spacial score (nSPS) is 12.1. The molecule has 0 amide bonds. The van der Waals surface area contributed by atoms with E-state index in [1.165, 1.54) is 0 Å². The molecule has 0 aliphatic rings. The summed E-state index contributed by atoms with van der Waals surface area (Å²) in [5, 5.41) is 4.46. The van der Waals surface area contributed by atoms with Crippen molar-refractivity contribution >= 4 is 31.4 Å². The van der Waals surface area contributed by atoms with Crippen LogP contribution in [-0.2, 0) is 16.9 Å². The Bertz CT molecular complexity index is 3010. The molecule has 24 heteroatoms. The van der Waals surface area contributed by atoms with Crippen LogP contribution in [0.25, 0.3) is 27.2 Å². The molecule has 2 aromatic heterocycles. The molecule has 6 aromatic rings. The van der Waals surface area contributed by atoms with Crippen molar-refractivity contribution in [2.24, 2.45) is 7.05 Å². The SMILES string of the molecule is Cc1c(F)c(F)c(S(=O)(=O)c2c(F)c(F)c(-n3c(=O)c4c(O)c5c(=O)n(C)c(=O)c5c(Oc5c(F)c(F)c(F)c(F)c5F)c4c3=O)c(F)c2F)c(F)c1F. The highest BCUT2D eigenvalue weighted by Crippen LogP contribution is 2.42. The molecule has 0 bridgehead atoms. The molecule has 0 atom stereocenters. The van der Waals surface area contributed by atoms with E-state index in [2.05, 4.69) is 4.74 Å². The minimum atomic E-state index is -6.73. The molecule has 282 valence electrons. The molecule has 0 saturated carbocycles. The maximum atomic E-state index is 15.6. The van der Waals surface area contributed by atoms with Gasteiger partial charge in [-0.3, -0.25) is 23.7 Å². The molecule has 10 nitrogen and oxygen atoms in total. The first-order valence-corrected chi connectivity index (χ1v) is 15.2. The third kappa shape index (κ3) is 4.57. The molecule has 0 saturated heterocycles. The number of aromatic nitrogens is 2. The molecule has 0 aliphatic carbocycles. The number of phenols is 1. The Labute approximate surface area is 285 Å². The molecule has 6 rings (SSSR count). The monoisotopic (exact) mass is 802 g/mol. The van der Waals surface area contributed by atoms with E-state index in [1.54, 1.807) is 0 Å². The van der Waals surface area contributed by atoms with Gasteiger partial charge in [0.05, 0.1) is 10.8 Å². The van der Waals surface area contributed by atoms with Crippen molar-refractivity contribution in [3.05, 3.63) is 123 Å². The second-order valence-corrected chi connectivity index (χ2v) is 12.8. The average Bonchev–Trinajstić information content (AvgIpc) is 3.51. The molecule has 0 spiro atoms. The lowest BCUT2D eigenvalue weighted by molar-refractivity contribution is 0.334. The van der Waals surface area contributed by atoms with Crippen LogP contribution in [0.2, 0.25) is 0 Å². The highest BCUT2D eigenvalue weighted by Gasteiger charge is 2.42. The first kappa shape index (κ1) is 37.6. The molecule has 1 N–H and O–H groups in total. The molecular weight excluding hydrogens is 795 g/mol. The van der Waals surface area contributed by atoms with Crippen molar-refractivity contribution in [3.63, 3.8) is 0 Å². The van der Waals surface area contributed by atoms with Crippen LogP contribution < -0.4 is 27.0 Å². The highest BCUT2D eigenvalue weighted by molar-refractivity contribution is 7.91. The number of nitrogens with zero attached hydrogens (tertiary/aromatic N) is 2. The Balaban J connectivity index is 1.76. The van der Waals surface area contributed by atoms with Crippen LogP contribution in [0.5, 0.6) is 17.2 Å². The number of benzene rings is 4. The van der Waals surface area contributed by atoms with Gasteiger partial charge in [0, 0.05) is 12.6 Å². The van der Waals surface area contributed by atoms with Gasteiger partial charge in [-0.15, -0.1) is 0 Å². The van der Waals surface area contributed by atoms with E-state index in [4.69, 9.17) is 0 Å². The van der Waals surface area contributed by atoms with Gasteiger partial charge in [-0.25, -0.2) is 61.3 Å². The molecule has 54 heavy (non-hydrogen) atoms. The molecule has 0 fully saturated rings. The predicted octanol–water partition coefficient (Wildman–Crippen LogP) is 4.89. The van der Waals surface area contributed by atoms with Gasteiger partial charge >= 0.3 is 0 Å². The largest absolute Gasteiger partial charge is 0.506 e. The van der Waals surface area contributed by atoms with Gasteiger partial charge in [-0.05, 0) is 6.92 Å². The van der Waals surface area contributed by atoms with Crippen LogP contribution in [0.3, 0.4) is 0 Å². The number of phenolic OH excluding ortho intramolecular Hbond substituents is 1. The van der Waals surface area contributed by atoms with Crippen molar-refractivity contribution in [3.8, 4) is 22.9 Å². The zero-order chi connectivity index (χ0) is 40.5. The molecule has 4 aromatic carbocycles. The maximum Gasteiger partial charge on any atom is 0.270 e. The number of ether oxygens (including phenoxy) is 1. The summed E-state index contributed by atoms with van der Waals surface area (Å²) in [5.41, 5.74) is -12.2. The quantitative estimate of drug-likeness (QED) is 0.148. The van der Waals surface area contributed by atoms with Crippen molar-refractivity contribution in [2.75, 3.05) is 0 Å².